The minimum atomic E-state index is -5.64. The van der Waals surface area contributed by atoms with Crippen molar-refractivity contribution < 1.29 is 111 Å². The average Bonchev–Trinajstić information content (AvgIpc) is 2.34. The van der Waals surface area contributed by atoms with Gasteiger partial charge >= 0.3 is 0 Å². The topological polar surface area (TPSA) is 578 Å². The number of nitrogens with zero attached hydrogens (tertiary/aromatic N) is 10. The summed E-state index contributed by atoms with van der Waals surface area (Å²) < 4.78 is 248. The summed E-state index contributed by atoms with van der Waals surface area (Å²) in [7, 11) is -36.8. The van der Waals surface area contributed by atoms with Gasteiger partial charge in [0.1, 0.15) is 52.8 Å². The zero-order valence-electron chi connectivity index (χ0n) is 41.7. The number of phenols is 1. The van der Waals surface area contributed by atoms with Crippen LogP contribution in [-0.4, -0.2) is 133 Å². The van der Waals surface area contributed by atoms with E-state index in [2.05, 4.69) is 40.8 Å². The fourth-order valence-electron chi connectivity index (χ4n) is 7.89. The lowest BCUT2D eigenvalue weighted by Crippen LogP contribution is -2.08. The molecule has 0 aliphatic heterocycles. The van der Waals surface area contributed by atoms with E-state index in [1.165, 1.54) is 6.92 Å². The van der Waals surface area contributed by atoms with Crippen LogP contribution < -0.4 is 4.74 Å². The second kappa shape index (κ2) is 22.1. The summed E-state index contributed by atoms with van der Waals surface area (Å²) in [5.41, 5.74) is -5.56. The first-order chi connectivity index (χ1) is 39.0. The molecule has 8 rings (SSSR count). The van der Waals surface area contributed by atoms with Gasteiger partial charge in [-0.3, -0.25) is 42.0 Å². The fourth-order valence-corrected chi connectivity index (χ4v) is 13.6. The largest absolute Gasteiger partial charge is 0.505 e. The van der Waals surface area contributed by atoms with Crippen LogP contribution in [0.15, 0.2) is 127 Å². The van der Waals surface area contributed by atoms with Gasteiger partial charge in [0.25, 0.3) is 76.5 Å². The monoisotopic (exact) mass is 1340 g/mol. The molecule has 6 aromatic carbocycles. The molecule has 0 saturated carbocycles. The van der Waals surface area contributed by atoms with Gasteiger partial charge in [0.2, 0.25) is 11.0 Å². The molecule has 36 nitrogen and oxygen atoms in total. The number of non-ortho nitro benzene ring substituents is 1. The van der Waals surface area contributed by atoms with E-state index in [4.69, 9.17) is 4.74 Å². The first-order valence-electron chi connectivity index (χ1n) is 22.2. The molecule has 0 aliphatic carbocycles. The number of rotatable bonds is 19. The van der Waals surface area contributed by atoms with E-state index in [1.807, 2.05) is 0 Å². The number of nitro groups is 1. The molecule has 0 saturated heterocycles. The lowest BCUT2D eigenvalue weighted by Gasteiger charge is -2.13. The Morgan fingerprint density at radius 2 is 1.18 bits per heavy atom. The summed E-state index contributed by atoms with van der Waals surface area (Å²) in [5.74, 6) is -3.55. The maximum Gasteiger partial charge on any atom is 0.297 e. The molecule has 0 bridgehead atoms. The summed E-state index contributed by atoms with van der Waals surface area (Å²) >= 11 is 0.546. The van der Waals surface area contributed by atoms with Crippen molar-refractivity contribution in [3.63, 3.8) is 0 Å². The number of aromatic nitrogens is 3. The van der Waals surface area contributed by atoms with Crippen LogP contribution in [0, 0.1) is 24.0 Å². The van der Waals surface area contributed by atoms with Gasteiger partial charge in [-0.25, -0.2) is 4.98 Å². The number of nitro benzene ring substituents is 1. The van der Waals surface area contributed by atoms with Crippen LogP contribution in [-0.2, 0) is 70.8 Å². The molecule has 0 fully saturated rings. The Bertz CT molecular complexity index is 5190. The summed E-state index contributed by atoms with van der Waals surface area (Å²) in [4.78, 5) is 7.35. The molecular weight excluding hydrogens is 1310 g/mol. The number of thiazole rings is 1. The summed E-state index contributed by atoms with van der Waals surface area (Å²) in [5, 5.41) is 58.2. The van der Waals surface area contributed by atoms with Crippen molar-refractivity contribution in [2.24, 2.45) is 30.7 Å². The standard InChI is InChI=1S/C41H32N10O26S8/c1-17-8-28(29(77-6-3-7-79(56,57)58)16-27(17)44-48-41-42-36-30(78-41)13-21(80(59,60)61)14-33(36)83(68,69)70)45-47-37-34(84(71,72)73)15-25-22(38(37)52)4-5-26(39(25)85(74,75)76)43-46-35-18(2)49-50(40(35)53)19-9-23-24(31(11-19)81(62,63)64)10-20(51(54)55)12-32(23)82(65,66)67/h4-5,8-16,52-53H,3,6-7H2,1-2H3,(H,56,57,58)(H,59,60,61)(H,62,63,64)(H,65,66,67)(H,68,69,70)(H,71,72,73)(H,74,75,76). The normalized spacial score (nSPS) is 13.4. The Morgan fingerprint density at radius 1 is 0.588 bits per heavy atom. The number of aryl methyl sites for hydroxylation is 2. The summed E-state index contributed by atoms with van der Waals surface area (Å²) in [6, 6.07) is 7.80. The van der Waals surface area contributed by atoms with E-state index < -0.39 is 185 Å². The van der Waals surface area contributed by atoms with Crippen molar-refractivity contribution in [2.75, 3.05) is 12.4 Å². The molecule has 0 radical (unpaired) electrons. The van der Waals surface area contributed by atoms with Crippen molar-refractivity contribution in [1.82, 2.24) is 14.8 Å². The molecule has 0 spiro atoms. The van der Waals surface area contributed by atoms with Gasteiger partial charge in [-0.05, 0) is 74.4 Å². The molecule has 44 heteroatoms. The second-order valence-electron chi connectivity index (χ2n) is 17.3. The predicted octanol–water partition coefficient (Wildman–Crippen LogP) is 7.11. The lowest BCUT2D eigenvalue weighted by atomic mass is 10.1. The van der Waals surface area contributed by atoms with E-state index in [-0.39, 0.29) is 44.6 Å². The SMILES string of the molecule is Cc1cc(N=Nc2c(S(=O)(=O)O)cc3c(S(=O)(=O)O)c(N=Nc4c(C)nn(-c5cc(S(=O)(=O)O)c6cc([N+](=O)[O-])cc(S(=O)(=O)O)c6c5)c4O)ccc3c2O)c(OCCCS(=O)(=O)O)cc1N=Nc1nc2c(S(=O)(=O)O)cc(S(=O)(=O)O)cc2s1. The predicted molar refractivity (Wildman–Crippen MR) is 288 cm³/mol. The smallest absolute Gasteiger partial charge is 0.297 e. The Morgan fingerprint density at radius 3 is 1.76 bits per heavy atom. The fraction of sp³-hybridized carbons (Fsp3) is 0.122. The number of hydrogen-bond donors (Lipinski definition) is 9. The van der Waals surface area contributed by atoms with Crippen LogP contribution in [0.3, 0.4) is 0 Å². The molecule has 0 unspecified atom stereocenters. The van der Waals surface area contributed by atoms with E-state index in [1.54, 1.807) is 0 Å². The minimum Gasteiger partial charge on any atom is -0.505 e. The van der Waals surface area contributed by atoms with E-state index in [0.717, 1.165) is 43.3 Å². The molecule has 2 aromatic heterocycles. The highest BCUT2D eigenvalue weighted by Crippen LogP contribution is 2.47. The van der Waals surface area contributed by atoms with Gasteiger partial charge in [0.15, 0.2) is 11.4 Å². The van der Waals surface area contributed by atoms with E-state index in [0.29, 0.717) is 46.4 Å². The number of phenolic OH excluding ortho intramolecular Hbond substituents is 1. The van der Waals surface area contributed by atoms with Crippen molar-refractivity contribution in [2.45, 2.75) is 49.6 Å². The van der Waals surface area contributed by atoms with Crippen molar-refractivity contribution >= 4 is 153 Å². The van der Waals surface area contributed by atoms with Crippen LogP contribution in [0.25, 0.3) is 37.4 Å². The molecule has 9 N–H and O–H groups in total. The van der Waals surface area contributed by atoms with E-state index >= 15 is 0 Å². The molecule has 0 atom stereocenters. The first-order valence-corrected chi connectivity index (χ1v) is 33.2. The molecule has 85 heavy (non-hydrogen) atoms. The van der Waals surface area contributed by atoms with Crippen LogP contribution in [0.1, 0.15) is 17.7 Å². The maximum atomic E-state index is 13.1. The highest BCUT2D eigenvalue weighted by molar-refractivity contribution is 7.88. The highest BCUT2D eigenvalue weighted by Gasteiger charge is 2.31. The van der Waals surface area contributed by atoms with Crippen molar-refractivity contribution in [3.8, 4) is 23.1 Å². The van der Waals surface area contributed by atoms with Gasteiger partial charge in [-0.15, -0.1) is 30.7 Å². The molecule has 2 heterocycles. The van der Waals surface area contributed by atoms with Gasteiger partial charge in [0.05, 0.1) is 43.9 Å². The number of aromatic hydroxyl groups is 2. The van der Waals surface area contributed by atoms with E-state index in [9.17, 15) is 111 Å². The van der Waals surface area contributed by atoms with Crippen LogP contribution in [0.5, 0.6) is 17.4 Å². The molecule has 0 amide bonds. The third-order valence-electron chi connectivity index (χ3n) is 11.5. The van der Waals surface area contributed by atoms with Gasteiger partial charge in [-0.1, -0.05) is 11.3 Å². The zero-order valence-corrected chi connectivity index (χ0v) is 48.2. The quantitative estimate of drug-likeness (QED) is 0.0128. The Balaban J connectivity index is 1.21. The number of ether oxygens (including phenoxy) is 1. The van der Waals surface area contributed by atoms with Crippen LogP contribution in [0.2, 0.25) is 0 Å². The number of benzene rings is 6. The third-order valence-corrected chi connectivity index (χ3v) is 18.5. The summed E-state index contributed by atoms with van der Waals surface area (Å²) in [6.45, 7) is 1.99. The van der Waals surface area contributed by atoms with Gasteiger partial charge in [-0.2, -0.15) is 68.7 Å². The summed E-state index contributed by atoms with van der Waals surface area (Å²) in [6.07, 6.45) is -0.375. The number of fused-ring (bicyclic) bond motifs is 3. The van der Waals surface area contributed by atoms with Gasteiger partial charge in [0, 0.05) is 39.7 Å². The Labute approximate surface area is 479 Å². The zero-order chi connectivity index (χ0) is 63.1. The maximum absolute atomic E-state index is 13.1. The average molecular weight is 1340 g/mol. The third kappa shape index (κ3) is 13.4. The second-order valence-corrected chi connectivity index (χ2v) is 28.2. The highest BCUT2D eigenvalue weighted by atomic mass is 32.2. The van der Waals surface area contributed by atoms with Crippen LogP contribution in [0.4, 0.5) is 39.3 Å². The Hall–Kier alpha value is -8.09. The van der Waals surface area contributed by atoms with Crippen molar-refractivity contribution in [3.05, 3.63) is 88.1 Å². The minimum absolute atomic E-state index is 0.105. The van der Waals surface area contributed by atoms with Crippen LogP contribution >= 0.6 is 11.3 Å². The molecular formula is C41H32N10O26S8. The molecule has 0 aliphatic rings. The van der Waals surface area contributed by atoms with Gasteiger partial charge < -0.3 is 14.9 Å². The first kappa shape index (κ1) is 62.9. The molecule has 8 aromatic rings. The number of azo groups is 3. The van der Waals surface area contributed by atoms with Crippen molar-refractivity contribution in [1.29, 1.82) is 0 Å². The Kier molecular flexibility index (Phi) is 16.3. The molecule has 450 valence electrons. The lowest BCUT2D eigenvalue weighted by molar-refractivity contribution is -0.384. The number of hydrogen-bond acceptors (Lipinski definition) is 28.